The molecule has 0 spiro atoms. The van der Waals surface area contributed by atoms with Crippen LogP contribution >= 0.6 is 0 Å². The molecule has 2 fully saturated rings. The molecule has 2 unspecified atom stereocenters. The van der Waals surface area contributed by atoms with Crippen LogP contribution in [0.2, 0.25) is 0 Å². The Hall–Kier alpha value is -1.36. The minimum absolute atomic E-state index is 0.547. The lowest BCUT2D eigenvalue weighted by Gasteiger charge is -2.37. The van der Waals surface area contributed by atoms with Crippen molar-refractivity contribution in [2.45, 2.75) is 25.8 Å². The number of aryl methyl sites for hydroxylation is 1. The van der Waals surface area contributed by atoms with E-state index in [4.69, 9.17) is 4.74 Å². The van der Waals surface area contributed by atoms with Crippen molar-refractivity contribution in [1.29, 1.82) is 0 Å². The maximum atomic E-state index is 5.24. The van der Waals surface area contributed by atoms with Gasteiger partial charge in [0.2, 0.25) is 11.8 Å². The molecule has 0 radical (unpaired) electrons. The van der Waals surface area contributed by atoms with E-state index >= 15 is 0 Å². The SMILES string of the molecule is COc1cc(C)nc(N2CCCC3CNCC32)n1. The Kier molecular flexibility index (Phi) is 3.07. The molecule has 5 heteroatoms. The van der Waals surface area contributed by atoms with E-state index in [2.05, 4.69) is 20.2 Å². The lowest BCUT2D eigenvalue weighted by Crippen LogP contribution is -2.46. The Morgan fingerprint density at radius 1 is 1.39 bits per heavy atom. The van der Waals surface area contributed by atoms with Gasteiger partial charge in [-0.3, -0.25) is 0 Å². The van der Waals surface area contributed by atoms with Crippen molar-refractivity contribution < 1.29 is 4.74 Å². The molecule has 0 aliphatic carbocycles. The molecular weight excluding hydrogens is 228 g/mol. The Balaban J connectivity index is 1.90. The Morgan fingerprint density at radius 3 is 3.11 bits per heavy atom. The van der Waals surface area contributed by atoms with E-state index in [1.807, 2.05) is 13.0 Å². The minimum Gasteiger partial charge on any atom is -0.481 e. The Bertz CT molecular complexity index is 437. The third kappa shape index (κ3) is 2.03. The predicted octanol–water partition coefficient (Wildman–Crippen LogP) is 0.982. The summed E-state index contributed by atoms with van der Waals surface area (Å²) in [6, 6.07) is 2.42. The average Bonchev–Trinajstić information content (AvgIpc) is 2.85. The topological polar surface area (TPSA) is 50.3 Å². The second-order valence-electron chi connectivity index (χ2n) is 5.17. The van der Waals surface area contributed by atoms with Gasteiger partial charge in [0.15, 0.2) is 0 Å². The van der Waals surface area contributed by atoms with Crippen molar-refractivity contribution in [3.05, 3.63) is 11.8 Å². The summed E-state index contributed by atoms with van der Waals surface area (Å²) in [5, 5.41) is 3.48. The van der Waals surface area contributed by atoms with Crippen molar-refractivity contribution >= 4 is 5.95 Å². The van der Waals surface area contributed by atoms with Gasteiger partial charge in [-0.1, -0.05) is 0 Å². The summed E-state index contributed by atoms with van der Waals surface area (Å²) in [5.74, 6) is 2.23. The number of nitrogens with zero attached hydrogens (tertiary/aromatic N) is 3. The Labute approximate surface area is 108 Å². The number of methoxy groups -OCH3 is 1. The number of nitrogens with one attached hydrogen (secondary N) is 1. The third-order valence-corrected chi connectivity index (χ3v) is 3.96. The molecule has 0 saturated carbocycles. The number of anilines is 1. The number of hydrogen-bond acceptors (Lipinski definition) is 5. The summed E-state index contributed by atoms with van der Waals surface area (Å²) >= 11 is 0. The number of fused-ring (bicyclic) bond motifs is 1. The zero-order valence-corrected chi connectivity index (χ0v) is 11.0. The smallest absolute Gasteiger partial charge is 0.229 e. The molecule has 98 valence electrons. The van der Waals surface area contributed by atoms with Crippen LogP contribution in [0.3, 0.4) is 0 Å². The van der Waals surface area contributed by atoms with Crippen LogP contribution in [0.4, 0.5) is 5.95 Å². The van der Waals surface area contributed by atoms with Crippen LogP contribution < -0.4 is 15.0 Å². The summed E-state index contributed by atoms with van der Waals surface area (Å²) in [7, 11) is 1.65. The maximum absolute atomic E-state index is 5.24. The van der Waals surface area contributed by atoms with Gasteiger partial charge in [-0.05, 0) is 25.7 Å². The van der Waals surface area contributed by atoms with Gasteiger partial charge in [-0.15, -0.1) is 0 Å². The highest BCUT2D eigenvalue weighted by molar-refractivity contribution is 5.37. The van der Waals surface area contributed by atoms with Gasteiger partial charge in [0, 0.05) is 37.4 Å². The first kappa shape index (κ1) is 11.7. The zero-order valence-electron chi connectivity index (χ0n) is 11.0. The van der Waals surface area contributed by atoms with E-state index < -0.39 is 0 Å². The van der Waals surface area contributed by atoms with Gasteiger partial charge >= 0.3 is 0 Å². The van der Waals surface area contributed by atoms with Crippen LogP contribution in [0.25, 0.3) is 0 Å². The summed E-state index contributed by atoms with van der Waals surface area (Å²) in [5.41, 5.74) is 0.963. The van der Waals surface area contributed by atoms with Crippen molar-refractivity contribution in [1.82, 2.24) is 15.3 Å². The first-order valence-electron chi connectivity index (χ1n) is 6.65. The number of ether oxygens (including phenoxy) is 1. The van der Waals surface area contributed by atoms with Gasteiger partial charge in [-0.25, -0.2) is 4.98 Å². The van der Waals surface area contributed by atoms with E-state index in [1.54, 1.807) is 7.11 Å². The first-order valence-corrected chi connectivity index (χ1v) is 6.65. The van der Waals surface area contributed by atoms with E-state index in [0.717, 1.165) is 37.2 Å². The fourth-order valence-corrected chi connectivity index (χ4v) is 3.07. The molecule has 1 N–H and O–H groups in total. The van der Waals surface area contributed by atoms with E-state index in [1.165, 1.54) is 12.8 Å². The first-order chi connectivity index (χ1) is 8.78. The molecule has 1 aromatic heterocycles. The van der Waals surface area contributed by atoms with Crippen LogP contribution in [0.15, 0.2) is 6.07 Å². The van der Waals surface area contributed by atoms with Gasteiger partial charge in [-0.2, -0.15) is 4.98 Å². The second-order valence-corrected chi connectivity index (χ2v) is 5.17. The highest BCUT2D eigenvalue weighted by Crippen LogP contribution is 2.29. The second kappa shape index (κ2) is 4.72. The number of rotatable bonds is 2. The Morgan fingerprint density at radius 2 is 2.28 bits per heavy atom. The van der Waals surface area contributed by atoms with Crippen LogP contribution in [0, 0.1) is 12.8 Å². The largest absolute Gasteiger partial charge is 0.481 e. The fraction of sp³-hybridized carbons (Fsp3) is 0.692. The average molecular weight is 248 g/mol. The molecule has 0 bridgehead atoms. The van der Waals surface area contributed by atoms with Crippen molar-refractivity contribution in [2.24, 2.45) is 5.92 Å². The maximum Gasteiger partial charge on any atom is 0.229 e. The van der Waals surface area contributed by atoms with E-state index in [-0.39, 0.29) is 0 Å². The zero-order chi connectivity index (χ0) is 12.5. The molecular formula is C13H20N4O. The van der Waals surface area contributed by atoms with E-state index in [9.17, 15) is 0 Å². The minimum atomic E-state index is 0.547. The lowest BCUT2D eigenvalue weighted by molar-refractivity contribution is 0.372. The summed E-state index contributed by atoms with van der Waals surface area (Å²) < 4.78 is 5.24. The number of piperidine rings is 1. The molecule has 0 aromatic carbocycles. The molecule has 0 amide bonds. The highest BCUT2D eigenvalue weighted by Gasteiger charge is 2.36. The highest BCUT2D eigenvalue weighted by atomic mass is 16.5. The summed E-state index contributed by atoms with van der Waals surface area (Å²) in [6.45, 7) is 5.21. The standard InChI is InChI=1S/C13H20N4O/c1-9-6-12(18-2)16-13(15-9)17-5-3-4-10-7-14-8-11(10)17/h6,10-11,14H,3-5,7-8H2,1-2H3. The normalized spacial score (nSPS) is 27.1. The van der Waals surface area contributed by atoms with Crippen LogP contribution in [0.1, 0.15) is 18.5 Å². The summed E-state index contributed by atoms with van der Waals surface area (Å²) in [4.78, 5) is 11.4. The van der Waals surface area contributed by atoms with Crippen molar-refractivity contribution in [3.63, 3.8) is 0 Å². The molecule has 1 aromatic rings. The molecule has 2 aliphatic rings. The van der Waals surface area contributed by atoms with Crippen molar-refractivity contribution in [3.8, 4) is 5.88 Å². The molecule has 18 heavy (non-hydrogen) atoms. The molecule has 3 rings (SSSR count). The quantitative estimate of drug-likeness (QED) is 0.845. The number of aromatic nitrogens is 2. The molecule has 3 heterocycles. The lowest BCUT2D eigenvalue weighted by atomic mass is 9.92. The van der Waals surface area contributed by atoms with Gasteiger partial charge < -0.3 is 15.0 Å². The molecule has 5 nitrogen and oxygen atoms in total. The van der Waals surface area contributed by atoms with Crippen LogP contribution in [0.5, 0.6) is 5.88 Å². The summed E-state index contributed by atoms with van der Waals surface area (Å²) in [6.07, 6.45) is 2.54. The van der Waals surface area contributed by atoms with Crippen LogP contribution in [-0.2, 0) is 0 Å². The van der Waals surface area contributed by atoms with Gasteiger partial charge in [0.05, 0.1) is 7.11 Å². The van der Waals surface area contributed by atoms with E-state index in [0.29, 0.717) is 11.9 Å². The monoisotopic (exact) mass is 248 g/mol. The fourth-order valence-electron chi connectivity index (χ4n) is 3.07. The van der Waals surface area contributed by atoms with Crippen LogP contribution in [-0.4, -0.2) is 42.8 Å². The molecule has 2 atom stereocenters. The molecule has 2 aliphatic heterocycles. The number of hydrogen-bond donors (Lipinski definition) is 1. The van der Waals surface area contributed by atoms with Gasteiger partial charge in [0.1, 0.15) is 0 Å². The molecule has 2 saturated heterocycles. The van der Waals surface area contributed by atoms with Gasteiger partial charge in [0.25, 0.3) is 0 Å². The third-order valence-electron chi connectivity index (χ3n) is 3.96. The predicted molar refractivity (Wildman–Crippen MR) is 70.0 cm³/mol. The van der Waals surface area contributed by atoms with Crippen molar-refractivity contribution in [2.75, 3.05) is 31.6 Å².